The minimum atomic E-state index is 0.589. The van der Waals surface area contributed by atoms with Crippen molar-refractivity contribution in [1.82, 2.24) is 0 Å². The van der Waals surface area contributed by atoms with Crippen LogP contribution in [0.3, 0.4) is 0 Å². The summed E-state index contributed by atoms with van der Waals surface area (Å²) in [4.78, 5) is 3.78. The number of anilines is 2. The van der Waals surface area contributed by atoms with Gasteiger partial charge >= 0.3 is 0 Å². The molecule has 0 fully saturated rings. The van der Waals surface area contributed by atoms with Crippen molar-refractivity contribution >= 4 is 23.1 Å². The first-order valence-electron chi connectivity index (χ1n) is 7.49. The van der Waals surface area contributed by atoms with Gasteiger partial charge in [0.05, 0.1) is 5.69 Å². The summed E-state index contributed by atoms with van der Waals surface area (Å²) in [6.45, 7) is 6.49. The number of hydrogen-bond donors (Lipinski definition) is 1. The van der Waals surface area contributed by atoms with E-state index in [-0.39, 0.29) is 0 Å². The SMILES string of the molecule is CC(C)c1ccc(CN2CCSc3ccc(N)cc32)cc1. The molecule has 1 aliphatic heterocycles. The van der Waals surface area contributed by atoms with Gasteiger partial charge in [0.15, 0.2) is 0 Å². The van der Waals surface area contributed by atoms with Crippen molar-refractivity contribution in [2.75, 3.05) is 22.9 Å². The molecule has 0 amide bonds. The molecule has 0 unspecified atom stereocenters. The van der Waals surface area contributed by atoms with Crippen molar-refractivity contribution in [1.29, 1.82) is 0 Å². The molecule has 2 aromatic rings. The summed E-state index contributed by atoms with van der Waals surface area (Å²) in [5, 5.41) is 0. The first kappa shape index (κ1) is 14.3. The average Bonchev–Trinajstić information content (AvgIpc) is 2.48. The minimum absolute atomic E-state index is 0.589. The largest absolute Gasteiger partial charge is 0.399 e. The highest BCUT2D eigenvalue weighted by Crippen LogP contribution is 2.36. The van der Waals surface area contributed by atoms with Crippen molar-refractivity contribution < 1.29 is 0 Å². The van der Waals surface area contributed by atoms with Crippen LogP contribution in [0.4, 0.5) is 11.4 Å². The first-order valence-corrected chi connectivity index (χ1v) is 8.48. The molecule has 2 N–H and O–H groups in total. The normalized spacial score (nSPS) is 14.3. The molecule has 3 heteroatoms. The van der Waals surface area contributed by atoms with Gasteiger partial charge in [0.25, 0.3) is 0 Å². The number of nitrogens with two attached hydrogens (primary N) is 1. The predicted molar refractivity (Wildman–Crippen MR) is 93.2 cm³/mol. The van der Waals surface area contributed by atoms with Gasteiger partial charge in [0.2, 0.25) is 0 Å². The first-order chi connectivity index (χ1) is 10.1. The molecular formula is C18H22N2S. The van der Waals surface area contributed by atoms with Gasteiger partial charge in [0.1, 0.15) is 0 Å². The minimum Gasteiger partial charge on any atom is -0.399 e. The Morgan fingerprint density at radius 2 is 1.90 bits per heavy atom. The van der Waals surface area contributed by atoms with Crippen molar-refractivity contribution in [3.63, 3.8) is 0 Å². The summed E-state index contributed by atoms with van der Waals surface area (Å²) < 4.78 is 0. The molecule has 1 aliphatic rings. The Balaban J connectivity index is 1.81. The molecule has 0 aliphatic carbocycles. The zero-order valence-electron chi connectivity index (χ0n) is 12.7. The Morgan fingerprint density at radius 1 is 1.14 bits per heavy atom. The second kappa shape index (κ2) is 6.02. The fraction of sp³-hybridized carbons (Fsp3) is 0.333. The molecule has 0 aromatic heterocycles. The van der Waals surface area contributed by atoms with Crippen LogP contribution in [0.2, 0.25) is 0 Å². The number of benzene rings is 2. The van der Waals surface area contributed by atoms with Crippen LogP contribution >= 0.6 is 11.8 Å². The van der Waals surface area contributed by atoms with Gasteiger partial charge in [-0.15, -0.1) is 11.8 Å². The quantitative estimate of drug-likeness (QED) is 0.846. The zero-order chi connectivity index (χ0) is 14.8. The van der Waals surface area contributed by atoms with Gasteiger partial charge in [-0.1, -0.05) is 38.1 Å². The van der Waals surface area contributed by atoms with Crippen LogP contribution in [0.5, 0.6) is 0 Å². The monoisotopic (exact) mass is 298 g/mol. The molecule has 2 aromatic carbocycles. The molecule has 3 rings (SSSR count). The van der Waals surface area contributed by atoms with E-state index in [9.17, 15) is 0 Å². The fourth-order valence-electron chi connectivity index (χ4n) is 2.68. The molecule has 0 bridgehead atoms. The number of hydrogen-bond acceptors (Lipinski definition) is 3. The van der Waals surface area contributed by atoms with E-state index in [2.05, 4.69) is 55.1 Å². The highest BCUT2D eigenvalue weighted by Gasteiger charge is 2.17. The number of thioether (sulfide) groups is 1. The third-order valence-electron chi connectivity index (χ3n) is 3.96. The van der Waals surface area contributed by atoms with E-state index >= 15 is 0 Å². The third kappa shape index (κ3) is 3.18. The van der Waals surface area contributed by atoms with Gasteiger partial charge in [-0.25, -0.2) is 0 Å². The summed E-state index contributed by atoms with van der Waals surface area (Å²) in [7, 11) is 0. The Bertz CT molecular complexity index is 620. The average molecular weight is 298 g/mol. The Labute approximate surface area is 131 Å². The summed E-state index contributed by atoms with van der Waals surface area (Å²) >= 11 is 1.92. The lowest BCUT2D eigenvalue weighted by Gasteiger charge is -2.31. The molecule has 0 atom stereocenters. The number of nitrogen functional groups attached to an aromatic ring is 1. The molecule has 110 valence electrons. The molecule has 0 radical (unpaired) electrons. The van der Waals surface area contributed by atoms with Gasteiger partial charge in [-0.3, -0.25) is 0 Å². The van der Waals surface area contributed by atoms with Crippen molar-refractivity contribution in [3.8, 4) is 0 Å². The topological polar surface area (TPSA) is 29.3 Å². The van der Waals surface area contributed by atoms with E-state index in [1.54, 1.807) is 0 Å². The number of rotatable bonds is 3. The molecule has 0 spiro atoms. The molecule has 0 saturated carbocycles. The lowest BCUT2D eigenvalue weighted by Crippen LogP contribution is -2.28. The lowest BCUT2D eigenvalue weighted by atomic mass is 10.0. The highest BCUT2D eigenvalue weighted by atomic mass is 32.2. The van der Waals surface area contributed by atoms with Crippen LogP contribution in [0.1, 0.15) is 30.9 Å². The van der Waals surface area contributed by atoms with Crippen molar-refractivity contribution in [2.24, 2.45) is 0 Å². The number of fused-ring (bicyclic) bond motifs is 1. The fourth-order valence-corrected chi connectivity index (χ4v) is 3.71. The van der Waals surface area contributed by atoms with Gasteiger partial charge in [0, 0.05) is 29.4 Å². The maximum absolute atomic E-state index is 5.95. The standard InChI is InChI=1S/C18H22N2S/c1-13(2)15-5-3-14(4-6-15)12-20-9-10-21-18-8-7-16(19)11-17(18)20/h3-8,11,13H,9-10,12,19H2,1-2H3. The second-order valence-corrected chi connectivity index (χ2v) is 7.03. The second-order valence-electron chi connectivity index (χ2n) is 5.89. The summed E-state index contributed by atoms with van der Waals surface area (Å²) in [6.07, 6.45) is 0. The smallest absolute Gasteiger partial charge is 0.0528 e. The zero-order valence-corrected chi connectivity index (χ0v) is 13.5. The third-order valence-corrected chi connectivity index (χ3v) is 5.01. The Kier molecular flexibility index (Phi) is 4.11. The molecule has 2 nitrogen and oxygen atoms in total. The van der Waals surface area contributed by atoms with Crippen LogP contribution in [0.25, 0.3) is 0 Å². The molecule has 0 saturated heterocycles. The van der Waals surface area contributed by atoms with Crippen LogP contribution in [-0.2, 0) is 6.54 Å². The van der Waals surface area contributed by atoms with E-state index in [1.165, 1.54) is 21.7 Å². The van der Waals surface area contributed by atoms with Gasteiger partial charge in [-0.2, -0.15) is 0 Å². The van der Waals surface area contributed by atoms with Gasteiger partial charge < -0.3 is 10.6 Å². The van der Waals surface area contributed by atoms with Gasteiger partial charge in [-0.05, 0) is 35.2 Å². The molecule has 21 heavy (non-hydrogen) atoms. The highest BCUT2D eigenvalue weighted by molar-refractivity contribution is 7.99. The molecule has 1 heterocycles. The Morgan fingerprint density at radius 3 is 2.62 bits per heavy atom. The van der Waals surface area contributed by atoms with Crippen LogP contribution in [-0.4, -0.2) is 12.3 Å². The lowest BCUT2D eigenvalue weighted by molar-refractivity contribution is 0.814. The van der Waals surface area contributed by atoms with E-state index in [1.807, 2.05) is 17.8 Å². The van der Waals surface area contributed by atoms with Crippen molar-refractivity contribution in [2.45, 2.75) is 31.2 Å². The summed E-state index contributed by atoms with van der Waals surface area (Å²) in [6, 6.07) is 15.2. The van der Waals surface area contributed by atoms with E-state index < -0.39 is 0 Å². The summed E-state index contributed by atoms with van der Waals surface area (Å²) in [5.74, 6) is 1.73. The summed E-state index contributed by atoms with van der Waals surface area (Å²) in [5.41, 5.74) is 10.8. The number of nitrogens with zero attached hydrogens (tertiary/aromatic N) is 1. The molecular weight excluding hydrogens is 276 g/mol. The maximum Gasteiger partial charge on any atom is 0.0528 e. The maximum atomic E-state index is 5.95. The van der Waals surface area contributed by atoms with Crippen LogP contribution < -0.4 is 10.6 Å². The van der Waals surface area contributed by atoms with E-state index in [4.69, 9.17) is 5.73 Å². The van der Waals surface area contributed by atoms with E-state index in [0.717, 1.165) is 24.5 Å². The van der Waals surface area contributed by atoms with Crippen LogP contribution in [0.15, 0.2) is 47.4 Å². The van der Waals surface area contributed by atoms with Crippen molar-refractivity contribution in [3.05, 3.63) is 53.6 Å². The van der Waals surface area contributed by atoms with E-state index in [0.29, 0.717) is 5.92 Å². The Hall–Kier alpha value is -1.61. The predicted octanol–water partition coefficient (Wildman–Crippen LogP) is 4.50. The van der Waals surface area contributed by atoms with Crippen LogP contribution in [0, 0.1) is 0 Å².